The van der Waals surface area contributed by atoms with Crippen molar-refractivity contribution in [3.8, 4) is 5.75 Å². The first-order valence-corrected chi connectivity index (χ1v) is 10.3. The van der Waals surface area contributed by atoms with E-state index in [1.807, 2.05) is 56.9 Å². The molecule has 3 atom stereocenters. The van der Waals surface area contributed by atoms with Gasteiger partial charge >= 0.3 is 6.09 Å². The van der Waals surface area contributed by atoms with Crippen LogP contribution in [0.3, 0.4) is 0 Å². The van der Waals surface area contributed by atoms with Crippen molar-refractivity contribution in [1.29, 1.82) is 0 Å². The van der Waals surface area contributed by atoms with Crippen molar-refractivity contribution in [1.82, 2.24) is 9.80 Å². The van der Waals surface area contributed by atoms with E-state index in [9.17, 15) is 9.59 Å². The van der Waals surface area contributed by atoms with Crippen LogP contribution in [0.15, 0.2) is 24.3 Å². The lowest BCUT2D eigenvalue weighted by atomic mass is 10.00. The number of hydrogen-bond donors (Lipinski definition) is 0. The monoisotopic (exact) mass is 404 g/mol. The molecule has 2 fully saturated rings. The Morgan fingerprint density at radius 3 is 2.48 bits per heavy atom. The summed E-state index contributed by atoms with van der Waals surface area (Å²) < 4.78 is 16.9. The van der Waals surface area contributed by atoms with Crippen molar-refractivity contribution < 1.29 is 23.8 Å². The molecular formula is C22H32N2O5. The average molecular weight is 405 g/mol. The topological polar surface area (TPSA) is 68.3 Å². The number of methoxy groups -OCH3 is 1. The molecule has 7 nitrogen and oxygen atoms in total. The van der Waals surface area contributed by atoms with E-state index < -0.39 is 11.7 Å². The molecule has 1 aromatic rings. The number of ether oxygens (including phenoxy) is 3. The third-order valence-corrected chi connectivity index (χ3v) is 5.32. The highest BCUT2D eigenvalue weighted by atomic mass is 16.6. The maximum atomic E-state index is 13.3. The van der Waals surface area contributed by atoms with E-state index in [1.54, 1.807) is 12.0 Å². The number of hydrogen-bond acceptors (Lipinski definition) is 5. The summed E-state index contributed by atoms with van der Waals surface area (Å²) in [6, 6.07) is 7.31. The van der Waals surface area contributed by atoms with Crippen molar-refractivity contribution in [2.45, 2.75) is 64.4 Å². The highest BCUT2D eigenvalue weighted by Crippen LogP contribution is 2.34. The average Bonchev–Trinajstić information content (AvgIpc) is 3.12. The number of nitrogens with zero attached hydrogens (tertiary/aromatic N) is 2. The van der Waals surface area contributed by atoms with Crippen LogP contribution in [-0.4, -0.2) is 66.4 Å². The van der Waals surface area contributed by atoms with Gasteiger partial charge in [0.1, 0.15) is 17.5 Å². The summed E-state index contributed by atoms with van der Waals surface area (Å²) in [6.07, 6.45) is 0.917. The van der Waals surface area contributed by atoms with Gasteiger partial charge in [-0.15, -0.1) is 0 Å². The Labute approximate surface area is 172 Å². The molecule has 0 radical (unpaired) electrons. The Kier molecular flexibility index (Phi) is 6.36. The van der Waals surface area contributed by atoms with E-state index in [2.05, 4.69) is 0 Å². The van der Waals surface area contributed by atoms with Gasteiger partial charge in [0.15, 0.2) is 0 Å². The van der Waals surface area contributed by atoms with Crippen LogP contribution in [0, 0.1) is 0 Å². The van der Waals surface area contributed by atoms with E-state index in [0.717, 1.165) is 18.4 Å². The first-order chi connectivity index (χ1) is 13.7. The van der Waals surface area contributed by atoms with Gasteiger partial charge in [-0.25, -0.2) is 4.79 Å². The highest BCUT2D eigenvalue weighted by molar-refractivity contribution is 5.82. The zero-order chi connectivity index (χ0) is 21.2. The van der Waals surface area contributed by atoms with Crippen LogP contribution < -0.4 is 4.74 Å². The predicted octanol–water partition coefficient (Wildman–Crippen LogP) is 3.38. The molecule has 0 bridgehead atoms. The molecule has 2 aliphatic heterocycles. The van der Waals surface area contributed by atoms with Gasteiger partial charge in [-0.2, -0.15) is 0 Å². The molecule has 0 spiro atoms. The molecule has 0 saturated carbocycles. The van der Waals surface area contributed by atoms with Gasteiger partial charge in [0, 0.05) is 25.2 Å². The molecule has 2 saturated heterocycles. The summed E-state index contributed by atoms with van der Waals surface area (Å²) in [5.41, 5.74) is 0.306. The molecule has 1 aromatic carbocycles. The quantitative estimate of drug-likeness (QED) is 0.773. The fourth-order valence-corrected chi connectivity index (χ4v) is 3.92. The smallest absolute Gasteiger partial charge is 0.410 e. The summed E-state index contributed by atoms with van der Waals surface area (Å²) in [6.45, 7) is 8.74. The number of rotatable bonds is 3. The minimum absolute atomic E-state index is 0.0194. The maximum Gasteiger partial charge on any atom is 0.410 e. The van der Waals surface area contributed by atoms with Gasteiger partial charge in [0.2, 0.25) is 0 Å². The molecule has 2 aliphatic rings. The predicted molar refractivity (Wildman–Crippen MR) is 109 cm³/mol. The van der Waals surface area contributed by atoms with E-state index >= 15 is 0 Å². The first-order valence-electron chi connectivity index (χ1n) is 10.3. The molecule has 0 N–H and O–H groups in total. The lowest BCUT2D eigenvalue weighted by Gasteiger charge is -2.42. The lowest BCUT2D eigenvalue weighted by molar-refractivity contribution is -0.148. The van der Waals surface area contributed by atoms with Crippen LogP contribution in [0.5, 0.6) is 5.75 Å². The standard InChI is InChI=1S/C22H32N2O5/c1-15-10-11-19(28-15)20(25)24-13-12-23(21(26)29-22(2,3)4)14-17(24)16-8-6-7-9-18(16)27-5/h6-9,15,17,19H,10-14H2,1-5H3. The zero-order valence-electron chi connectivity index (χ0n) is 18.0. The molecule has 0 aromatic heterocycles. The fraction of sp³-hybridized carbons (Fsp3) is 0.636. The van der Waals surface area contributed by atoms with Gasteiger partial charge in [-0.3, -0.25) is 4.79 Å². The minimum Gasteiger partial charge on any atom is -0.496 e. The molecule has 3 rings (SSSR count). The van der Waals surface area contributed by atoms with Gasteiger partial charge in [-0.1, -0.05) is 18.2 Å². The van der Waals surface area contributed by atoms with Crippen molar-refractivity contribution in [2.75, 3.05) is 26.7 Å². The molecule has 7 heteroatoms. The Morgan fingerprint density at radius 1 is 1.14 bits per heavy atom. The van der Waals surface area contributed by atoms with Crippen LogP contribution >= 0.6 is 0 Å². The molecular weight excluding hydrogens is 372 g/mol. The summed E-state index contributed by atoms with van der Waals surface area (Å²) in [5, 5.41) is 0. The molecule has 2 amide bonds. The molecule has 3 unspecified atom stereocenters. The van der Waals surface area contributed by atoms with E-state index in [1.165, 1.54) is 0 Å². The third-order valence-electron chi connectivity index (χ3n) is 5.32. The van der Waals surface area contributed by atoms with Crippen LogP contribution in [0.1, 0.15) is 52.1 Å². The molecule has 0 aliphatic carbocycles. The van der Waals surface area contributed by atoms with Gasteiger partial charge < -0.3 is 24.0 Å². The van der Waals surface area contributed by atoms with Crippen LogP contribution in [-0.2, 0) is 14.3 Å². The summed E-state index contributed by atoms with van der Waals surface area (Å²) in [7, 11) is 1.61. The van der Waals surface area contributed by atoms with Crippen LogP contribution in [0.2, 0.25) is 0 Å². The number of carbonyl (C=O) groups excluding carboxylic acids is 2. The second kappa shape index (κ2) is 8.61. The van der Waals surface area contributed by atoms with E-state index in [4.69, 9.17) is 14.2 Å². The summed E-state index contributed by atoms with van der Waals surface area (Å²) in [5.74, 6) is 0.677. The molecule has 29 heavy (non-hydrogen) atoms. The van der Waals surface area contributed by atoms with Crippen molar-refractivity contribution in [3.05, 3.63) is 29.8 Å². The number of para-hydroxylation sites is 1. The van der Waals surface area contributed by atoms with E-state index in [0.29, 0.717) is 25.4 Å². The van der Waals surface area contributed by atoms with Crippen molar-refractivity contribution in [2.24, 2.45) is 0 Å². The second-order valence-corrected chi connectivity index (χ2v) is 8.73. The first kappa shape index (κ1) is 21.4. The molecule has 160 valence electrons. The van der Waals surface area contributed by atoms with Gasteiger partial charge in [0.25, 0.3) is 5.91 Å². The number of piperazine rings is 1. The number of carbonyl (C=O) groups is 2. The van der Waals surface area contributed by atoms with Crippen LogP contribution in [0.25, 0.3) is 0 Å². The minimum atomic E-state index is -0.572. The molecule has 2 heterocycles. The fourth-order valence-electron chi connectivity index (χ4n) is 3.92. The third kappa shape index (κ3) is 5.01. The van der Waals surface area contributed by atoms with Gasteiger partial charge in [-0.05, 0) is 46.6 Å². The Hall–Kier alpha value is -2.28. The maximum absolute atomic E-state index is 13.3. The summed E-state index contributed by atoms with van der Waals surface area (Å²) in [4.78, 5) is 29.4. The highest BCUT2D eigenvalue weighted by Gasteiger charge is 2.40. The number of benzene rings is 1. The van der Waals surface area contributed by atoms with Crippen molar-refractivity contribution in [3.63, 3.8) is 0 Å². The Balaban J connectivity index is 1.86. The zero-order valence-corrected chi connectivity index (χ0v) is 18.0. The largest absolute Gasteiger partial charge is 0.496 e. The van der Waals surface area contributed by atoms with Crippen molar-refractivity contribution >= 4 is 12.0 Å². The van der Waals surface area contributed by atoms with E-state index in [-0.39, 0.29) is 24.1 Å². The number of amides is 2. The van der Waals surface area contributed by atoms with Crippen LogP contribution in [0.4, 0.5) is 4.79 Å². The Bertz CT molecular complexity index is 745. The van der Waals surface area contributed by atoms with Gasteiger partial charge in [0.05, 0.1) is 19.3 Å². The lowest BCUT2D eigenvalue weighted by Crippen LogP contribution is -2.55. The summed E-state index contributed by atoms with van der Waals surface area (Å²) >= 11 is 0. The Morgan fingerprint density at radius 2 is 1.86 bits per heavy atom. The second-order valence-electron chi connectivity index (χ2n) is 8.73. The SMILES string of the molecule is COc1ccccc1C1CN(C(=O)OC(C)(C)C)CCN1C(=O)C1CCC(C)O1. The normalized spacial score (nSPS) is 25.1.